The minimum atomic E-state index is -2.24. The Balaban J connectivity index is 1.24. The van der Waals surface area contributed by atoms with Gasteiger partial charge in [0.05, 0.1) is 29.2 Å². The molecule has 0 spiro atoms. The van der Waals surface area contributed by atoms with Gasteiger partial charge in [-0.25, -0.2) is 26.6 Å². The van der Waals surface area contributed by atoms with Crippen molar-refractivity contribution in [2.45, 2.75) is 27.1 Å². The number of ether oxygens (including phenoxy) is 1. The van der Waals surface area contributed by atoms with Gasteiger partial charge in [0.25, 0.3) is 5.91 Å². The molecule has 0 radical (unpaired) electrons. The van der Waals surface area contributed by atoms with Crippen LogP contribution in [0.25, 0.3) is 11.1 Å². The van der Waals surface area contributed by atoms with E-state index in [0.29, 0.717) is 5.75 Å². The van der Waals surface area contributed by atoms with Crippen LogP contribution in [-0.2, 0) is 13.3 Å². The molecule has 0 fully saturated rings. The number of anilines is 1. The molecule has 0 atom stereocenters. The quantitative estimate of drug-likeness (QED) is 0.134. The average Bonchev–Trinajstić information content (AvgIpc) is 3.57. The highest BCUT2D eigenvalue weighted by Gasteiger charge is 2.27. The van der Waals surface area contributed by atoms with Crippen LogP contribution in [0.3, 0.4) is 0 Å². The smallest absolute Gasteiger partial charge is 0.276 e. The van der Waals surface area contributed by atoms with Crippen molar-refractivity contribution in [3.05, 3.63) is 119 Å². The molecule has 2 aromatic heterocycles. The molecule has 210 valence electrons. The third kappa shape index (κ3) is 5.53. The van der Waals surface area contributed by atoms with Crippen LogP contribution in [-0.4, -0.2) is 25.5 Å². The largest absolute Gasteiger partial charge is 0.471 e. The molecule has 12 heteroatoms. The summed E-state index contributed by atoms with van der Waals surface area (Å²) in [4.78, 5) is 12.9. The lowest BCUT2D eigenvalue weighted by atomic mass is 10.1. The van der Waals surface area contributed by atoms with Crippen LogP contribution < -0.4 is 10.1 Å². The highest BCUT2D eigenvalue weighted by Crippen LogP contribution is 2.27. The van der Waals surface area contributed by atoms with E-state index < -0.39 is 47.1 Å². The molecule has 1 amide bonds. The molecule has 2 heterocycles. The molecule has 0 aliphatic heterocycles. The van der Waals surface area contributed by atoms with E-state index in [1.54, 1.807) is 6.20 Å². The molecule has 5 rings (SSSR count). The molecular weight excluding hydrogens is 545 g/mol. The number of carbonyl (C=O) groups excluding carboxylic acids is 1. The van der Waals surface area contributed by atoms with E-state index in [9.17, 15) is 26.7 Å². The number of benzene rings is 3. The SMILES string of the molecule is Cc1nn(Cc2c(F)c(F)c(F)c(F)c2F)c(C)c1NC(=O)c1ccn(COc2ccc(-c3ccccc3)cc2)n1. The van der Waals surface area contributed by atoms with E-state index in [4.69, 9.17) is 4.74 Å². The molecule has 0 aliphatic rings. The van der Waals surface area contributed by atoms with Crippen LogP contribution >= 0.6 is 0 Å². The summed E-state index contributed by atoms with van der Waals surface area (Å²) in [5.74, 6) is -10.2. The first kappa shape index (κ1) is 27.6. The summed E-state index contributed by atoms with van der Waals surface area (Å²) >= 11 is 0. The van der Waals surface area contributed by atoms with E-state index in [0.717, 1.165) is 15.8 Å². The molecule has 0 bridgehead atoms. The molecule has 0 aliphatic carbocycles. The number of aryl methyl sites for hydroxylation is 1. The van der Waals surface area contributed by atoms with Crippen molar-refractivity contribution in [3.8, 4) is 16.9 Å². The van der Waals surface area contributed by atoms with Crippen LogP contribution in [0, 0.1) is 42.9 Å². The fourth-order valence-electron chi connectivity index (χ4n) is 4.22. The molecule has 3 aromatic carbocycles. The van der Waals surface area contributed by atoms with E-state index in [1.165, 1.54) is 24.6 Å². The zero-order chi connectivity index (χ0) is 29.3. The topological polar surface area (TPSA) is 74.0 Å². The van der Waals surface area contributed by atoms with Gasteiger partial charge in [0.1, 0.15) is 5.75 Å². The number of carbonyl (C=O) groups is 1. The minimum absolute atomic E-state index is 0.0376. The summed E-state index contributed by atoms with van der Waals surface area (Å²) in [5, 5.41) is 10.9. The Morgan fingerprint density at radius 1 is 0.805 bits per heavy atom. The molecule has 0 unspecified atom stereocenters. The van der Waals surface area contributed by atoms with Crippen LogP contribution in [0.2, 0.25) is 0 Å². The van der Waals surface area contributed by atoms with Gasteiger partial charge in [-0.1, -0.05) is 42.5 Å². The van der Waals surface area contributed by atoms with Crippen molar-refractivity contribution in [2.24, 2.45) is 0 Å². The van der Waals surface area contributed by atoms with Gasteiger partial charge in [-0.15, -0.1) is 0 Å². The second-order valence-electron chi connectivity index (χ2n) is 9.11. The lowest BCUT2D eigenvalue weighted by Crippen LogP contribution is -2.16. The molecule has 5 aromatic rings. The first-order valence-electron chi connectivity index (χ1n) is 12.3. The van der Waals surface area contributed by atoms with Crippen molar-refractivity contribution in [1.29, 1.82) is 0 Å². The molecule has 7 nitrogen and oxygen atoms in total. The van der Waals surface area contributed by atoms with E-state index in [1.807, 2.05) is 54.6 Å². The zero-order valence-corrected chi connectivity index (χ0v) is 21.8. The summed E-state index contributed by atoms with van der Waals surface area (Å²) in [6, 6.07) is 18.9. The third-order valence-corrected chi connectivity index (χ3v) is 6.43. The van der Waals surface area contributed by atoms with Crippen molar-refractivity contribution < 1.29 is 31.5 Å². The fraction of sp³-hybridized carbons (Fsp3) is 0.138. The van der Waals surface area contributed by atoms with Gasteiger partial charge in [0.15, 0.2) is 35.7 Å². The number of halogens is 5. The number of hydrogen-bond donors (Lipinski definition) is 1. The number of nitrogens with zero attached hydrogens (tertiary/aromatic N) is 4. The molecule has 0 saturated carbocycles. The Morgan fingerprint density at radius 2 is 1.41 bits per heavy atom. The van der Waals surface area contributed by atoms with E-state index in [2.05, 4.69) is 15.5 Å². The van der Waals surface area contributed by atoms with Gasteiger partial charge in [0.2, 0.25) is 5.82 Å². The van der Waals surface area contributed by atoms with Crippen LogP contribution in [0.15, 0.2) is 66.9 Å². The first-order chi connectivity index (χ1) is 19.6. The Labute approximate surface area is 230 Å². The first-order valence-corrected chi connectivity index (χ1v) is 12.3. The second kappa shape index (κ2) is 11.2. The molecular formula is C29H22F5N5O2. The summed E-state index contributed by atoms with van der Waals surface area (Å²) in [6.45, 7) is 2.30. The van der Waals surface area contributed by atoms with Gasteiger partial charge in [0, 0.05) is 6.20 Å². The van der Waals surface area contributed by atoms with Crippen molar-refractivity contribution >= 4 is 11.6 Å². The van der Waals surface area contributed by atoms with Gasteiger partial charge in [-0.05, 0) is 43.2 Å². The maximum Gasteiger partial charge on any atom is 0.276 e. The van der Waals surface area contributed by atoms with Gasteiger partial charge in [-0.2, -0.15) is 10.2 Å². The standard InChI is InChI=1S/C29H22F5N5O2/c1-16-28(17(2)39(36-16)14-21-23(30)25(32)27(34)26(33)24(21)31)35-29(40)22-12-13-38(37-22)15-41-20-10-8-19(9-11-20)18-6-4-3-5-7-18/h3-13H,14-15H2,1-2H3,(H,35,40). The van der Waals surface area contributed by atoms with Gasteiger partial charge < -0.3 is 10.1 Å². The minimum Gasteiger partial charge on any atom is -0.471 e. The second-order valence-corrected chi connectivity index (χ2v) is 9.11. The Morgan fingerprint density at radius 3 is 2.07 bits per heavy atom. The molecule has 41 heavy (non-hydrogen) atoms. The number of nitrogens with one attached hydrogen (secondary N) is 1. The normalized spacial score (nSPS) is 11.1. The van der Waals surface area contributed by atoms with Gasteiger partial charge in [-0.3, -0.25) is 9.48 Å². The summed E-state index contributed by atoms with van der Waals surface area (Å²) in [6.07, 6.45) is 1.56. The van der Waals surface area contributed by atoms with Crippen LogP contribution in [0.5, 0.6) is 5.75 Å². The Hall–Kier alpha value is -5.00. The lowest BCUT2D eigenvalue weighted by Gasteiger charge is -2.10. The Kier molecular flexibility index (Phi) is 7.56. The summed E-state index contributed by atoms with van der Waals surface area (Å²) in [5.41, 5.74) is 1.84. The van der Waals surface area contributed by atoms with Crippen molar-refractivity contribution in [1.82, 2.24) is 19.6 Å². The monoisotopic (exact) mass is 567 g/mol. The highest BCUT2D eigenvalue weighted by molar-refractivity contribution is 6.03. The van der Waals surface area contributed by atoms with Crippen molar-refractivity contribution in [3.63, 3.8) is 0 Å². The molecule has 0 saturated heterocycles. The maximum absolute atomic E-state index is 14.2. The van der Waals surface area contributed by atoms with E-state index >= 15 is 0 Å². The number of hydrogen-bond acceptors (Lipinski definition) is 4. The summed E-state index contributed by atoms with van der Waals surface area (Å²) in [7, 11) is 0. The highest BCUT2D eigenvalue weighted by atomic mass is 19.2. The lowest BCUT2D eigenvalue weighted by molar-refractivity contribution is 0.102. The number of aromatic nitrogens is 4. The maximum atomic E-state index is 14.2. The predicted octanol–water partition coefficient (Wildman–Crippen LogP) is 6.40. The van der Waals surface area contributed by atoms with Crippen molar-refractivity contribution in [2.75, 3.05) is 5.32 Å². The molecule has 1 N–H and O–H groups in total. The average molecular weight is 568 g/mol. The number of rotatable bonds is 8. The third-order valence-electron chi connectivity index (χ3n) is 6.43. The fourth-order valence-corrected chi connectivity index (χ4v) is 4.22. The van der Waals surface area contributed by atoms with Gasteiger partial charge >= 0.3 is 0 Å². The zero-order valence-electron chi connectivity index (χ0n) is 21.8. The van der Waals surface area contributed by atoms with Crippen LogP contribution in [0.1, 0.15) is 27.4 Å². The summed E-state index contributed by atoms with van der Waals surface area (Å²) < 4.78 is 77.2. The Bertz CT molecular complexity index is 1700. The number of amides is 1. The van der Waals surface area contributed by atoms with E-state index in [-0.39, 0.29) is 29.5 Å². The predicted molar refractivity (Wildman–Crippen MR) is 140 cm³/mol. The van der Waals surface area contributed by atoms with Crippen LogP contribution in [0.4, 0.5) is 27.6 Å².